The fraction of sp³-hybridized carbons (Fsp3) is 0.600. The first-order chi connectivity index (χ1) is 13.2. The Kier molecular flexibility index (Phi) is 7.12. The van der Waals surface area contributed by atoms with Gasteiger partial charge in [0.05, 0.1) is 5.39 Å². The first-order valence-corrected chi connectivity index (χ1v) is 9.79. The van der Waals surface area contributed by atoms with E-state index in [0.29, 0.717) is 24.4 Å². The van der Waals surface area contributed by atoms with Crippen LogP contribution < -0.4 is 11.2 Å². The van der Waals surface area contributed by atoms with E-state index < -0.39 is 11.2 Å². The zero-order valence-electron chi connectivity index (χ0n) is 17.7. The van der Waals surface area contributed by atoms with Gasteiger partial charge in [-0.15, -0.1) is 0 Å². The van der Waals surface area contributed by atoms with Crippen LogP contribution in [0.5, 0.6) is 0 Å². The van der Waals surface area contributed by atoms with E-state index >= 15 is 0 Å². The standard InChI is InChI=1S/C20H31N5O3/c1-7-24(8-2)11-12-25(13-14(3)4)19(27)16-10-9-15-17(21-16)22(5)20(28)23(6)18(15)26/h9-10,14H,7-8,11-13H2,1-6H3. The van der Waals surface area contributed by atoms with Gasteiger partial charge in [-0.2, -0.15) is 0 Å². The summed E-state index contributed by atoms with van der Waals surface area (Å²) in [6.07, 6.45) is 0. The van der Waals surface area contributed by atoms with Gasteiger partial charge in [0.15, 0.2) is 0 Å². The maximum absolute atomic E-state index is 13.1. The molecule has 0 aliphatic carbocycles. The SMILES string of the molecule is CCN(CC)CCN(CC(C)C)C(=O)c1ccc2c(=O)n(C)c(=O)n(C)c2n1. The lowest BCUT2D eigenvalue weighted by Gasteiger charge is -2.27. The summed E-state index contributed by atoms with van der Waals surface area (Å²) in [6, 6.07) is 3.15. The molecule has 0 unspecified atom stereocenters. The minimum atomic E-state index is -0.463. The Balaban J connectivity index is 2.42. The maximum atomic E-state index is 13.1. The van der Waals surface area contributed by atoms with Crippen molar-refractivity contribution in [3.05, 3.63) is 38.7 Å². The fourth-order valence-electron chi connectivity index (χ4n) is 3.25. The van der Waals surface area contributed by atoms with Gasteiger partial charge in [-0.25, -0.2) is 9.78 Å². The molecule has 0 fully saturated rings. The number of aryl methyl sites for hydroxylation is 1. The molecule has 154 valence electrons. The summed E-state index contributed by atoms with van der Waals surface area (Å²) in [5, 5.41) is 0.319. The Morgan fingerprint density at radius 2 is 1.71 bits per heavy atom. The van der Waals surface area contributed by atoms with Crippen LogP contribution in [0.15, 0.2) is 21.7 Å². The van der Waals surface area contributed by atoms with Crippen LogP contribution in [0.2, 0.25) is 0 Å². The highest BCUT2D eigenvalue weighted by Gasteiger charge is 2.20. The predicted molar refractivity (Wildman–Crippen MR) is 111 cm³/mol. The molecule has 2 rings (SSSR count). The number of carbonyl (C=O) groups excluding carboxylic acids is 1. The predicted octanol–water partition coefficient (Wildman–Crippen LogP) is 1.07. The zero-order valence-corrected chi connectivity index (χ0v) is 17.7. The minimum Gasteiger partial charge on any atom is -0.336 e. The van der Waals surface area contributed by atoms with Crippen LogP contribution in [0.1, 0.15) is 38.2 Å². The van der Waals surface area contributed by atoms with Crippen molar-refractivity contribution >= 4 is 16.9 Å². The van der Waals surface area contributed by atoms with E-state index in [9.17, 15) is 14.4 Å². The normalized spacial score (nSPS) is 11.6. The molecule has 0 spiro atoms. The molecule has 0 radical (unpaired) electrons. The molecular formula is C20H31N5O3. The summed E-state index contributed by atoms with van der Waals surface area (Å²) in [5.74, 6) is 0.133. The topological polar surface area (TPSA) is 80.4 Å². The highest BCUT2D eigenvalue weighted by molar-refractivity contribution is 5.94. The van der Waals surface area contributed by atoms with E-state index in [1.807, 2.05) is 0 Å². The third-order valence-electron chi connectivity index (χ3n) is 4.97. The van der Waals surface area contributed by atoms with Crippen LogP contribution in [-0.4, -0.2) is 62.5 Å². The van der Waals surface area contributed by atoms with Gasteiger partial charge in [0, 0.05) is 33.7 Å². The number of amides is 1. The second-order valence-corrected chi connectivity index (χ2v) is 7.45. The lowest BCUT2D eigenvalue weighted by Crippen LogP contribution is -2.41. The molecule has 0 aliphatic rings. The van der Waals surface area contributed by atoms with E-state index in [1.54, 1.807) is 24.1 Å². The number of likely N-dealkylation sites (N-methyl/N-ethyl adjacent to an activating group) is 1. The molecule has 0 aromatic carbocycles. The molecule has 0 saturated carbocycles. The Morgan fingerprint density at radius 1 is 1.07 bits per heavy atom. The number of pyridine rings is 1. The molecule has 0 N–H and O–H groups in total. The Bertz CT molecular complexity index is 957. The largest absolute Gasteiger partial charge is 0.336 e. The molecule has 0 saturated heterocycles. The summed E-state index contributed by atoms with van der Waals surface area (Å²) in [4.78, 5) is 46.1. The van der Waals surface area contributed by atoms with Crippen molar-refractivity contribution in [3.8, 4) is 0 Å². The monoisotopic (exact) mass is 389 g/mol. The average molecular weight is 390 g/mol. The van der Waals surface area contributed by atoms with Crippen molar-refractivity contribution in [1.82, 2.24) is 23.9 Å². The van der Waals surface area contributed by atoms with Crippen molar-refractivity contribution in [2.24, 2.45) is 20.0 Å². The molecular weight excluding hydrogens is 358 g/mol. The van der Waals surface area contributed by atoms with Gasteiger partial charge in [0.2, 0.25) is 0 Å². The van der Waals surface area contributed by atoms with Crippen LogP contribution in [0.4, 0.5) is 0 Å². The number of nitrogens with zero attached hydrogens (tertiary/aromatic N) is 5. The minimum absolute atomic E-state index is 0.184. The quantitative estimate of drug-likeness (QED) is 0.675. The van der Waals surface area contributed by atoms with Gasteiger partial charge in [0.25, 0.3) is 11.5 Å². The Morgan fingerprint density at radius 3 is 2.29 bits per heavy atom. The molecule has 28 heavy (non-hydrogen) atoms. The summed E-state index contributed by atoms with van der Waals surface area (Å²) in [5.41, 5.74) is -0.400. The van der Waals surface area contributed by atoms with Crippen molar-refractivity contribution in [1.29, 1.82) is 0 Å². The number of carbonyl (C=O) groups is 1. The van der Waals surface area contributed by atoms with E-state index in [4.69, 9.17) is 0 Å². The van der Waals surface area contributed by atoms with Gasteiger partial charge >= 0.3 is 5.69 Å². The number of hydrogen-bond acceptors (Lipinski definition) is 5. The van der Waals surface area contributed by atoms with Crippen molar-refractivity contribution in [2.75, 3.05) is 32.7 Å². The van der Waals surface area contributed by atoms with Gasteiger partial charge < -0.3 is 9.80 Å². The van der Waals surface area contributed by atoms with Crippen LogP contribution in [-0.2, 0) is 14.1 Å². The zero-order chi connectivity index (χ0) is 21.0. The lowest BCUT2D eigenvalue weighted by atomic mass is 10.2. The van der Waals surface area contributed by atoms with Gasteiger partial charge in [-0.1, -0.05) is 27.7 Å². The Labute approximate surface area is 165 Å². The summed E-state index contributed by atoms with van der Waals surface area (Å²) < 4.78 is 2.34. The van der Waals surface area contributed by atoms with E-state index in [0.717, 1.165) is 24.2 Å². The van der Waals surface area contributed by atoms with Gasteiger partial charge in [0.1, 0.15) is 11.3 Å². The lowest BCUT2D eigenvalue weighted by molar-refractivity contribution is 0.0711. The first kappa shape index (κ1) is 21.8. The third kappa shape index (κ3) is 4.49. The van der Waals surface area contributed by atoms with E-state index in [2.05, 4.69) is 37.6 Å². The first-order valence-electron chi connectivity index (χ1n) is 9.79. The molecule has 1 amide bonds. The average Bonchev–Trinajstić information content (AvgIpc) is 2.69. The second-order valence-electron chi connectivity index (χ2n) is 7.45. The van der Waals surface area contributed by atoms with E-state index in [1.165, 1.54) is 11.6 Å². The molecule has 8 heteroatoms. The number of hydrogen-bond donors (Lipinski definition) is 0. The highest BCUT2D eigenvalue weighted by Crippen LogP contribution is 2.11. The van der Waals surface area contributed by atoms with Crippen molar-refractivity contribution in [2.45, 2.75) is 27.7 Å². The van der Waals surface area contributed by atoms with Crippen molar-refractivity contribution in [3.63, 3.8) is 0 Å². The fourth-order valence-corrected chi connectivity index (χ4v) is 3.25. The second kappa shape index (κ2) is 9.14. The van der Waals surface area contributed by atoms with Gasteiger partial charge in [-0.05, 0) is 31.1 Å². The molecule has 8 nitrogen and oxygen atoms in total. The van der Waals surface area contributed by atoms with Crippen LogP contribution in [0, 0.1) is 5.92 Å². The van der Waals surface area contributed by atoms with Crippen molar-refractivity contribution < 1.29 is 4.79 Å². The molecule has 0 bridgehead atoms. The highest BCUT2D eigenvalue weighted by atomic mass is 16.2. The number of rotatable bonds is 8. The Hall–Kier alpha value is -2.48. The molecule has 2 aromatic heterocycles. The van der Waals surface area contributed by atoms with Crippen LogP contribution in [0.25, 0.3) is 11.0 Å². The van der Waals surface area contributed by atoms with E-state index in [-0.39, 0.29) is 17.2 Å². The van der Waals surface area contributed by atoms with Crippen LogP contribution in [0.3, 0.4) is 0 Å². The number of fused-ring (bicyclic) bond motifs is 1. The molecule has 2 heterocycles. The number of aromatic nitrogens is 3. The van der Waals surface area contributed by atoms with Crippen LogP contribution >= 0.6 is 0 Å². The summed E-state index contributed by atoms with van der Waals surface area (Å²) in [7, 11) is 2.98. The summed E-state index contributed by atoms with van der Waals surface area (Å²) in [6.45, 7) is 12.2. The molecule has 2 aromatic rings. The smallest absolute Gasteiger partial charge is 0.332 e. The summed E-state index contributed by atoms with van der Waals surface area (Å²) >= 11 is 0. The molecule has 0 aliphatic heterocycles. The third-order valence-corrected chi connectivity index (χ3v) is 4.97. The molecule has 0 atom stereocenters. The maximum Gasteiger partial charge on any atom is 0.332 e. The van der Waals surface area contributed by atoms with Gasteiger partial charge in [-0.3, -0.25) is 18.7 Å².